The van der Waals surface area contributed by atoms with Gasteiger partial charge < -0.3 is 9.88 Å². The maximum atomic E-state index is 4.51. The van der Waals surface area contributed by atoms with E-state index in [0.717, 1.165) is 43.4 Å². The minimum absolute atomic E-state index is 0.819. The lowest BCUT2D eigenvalue weighted by Crippen LogP contribution is -2.10. The molecule has 0 fully saturated rings. The number of unbranched alkanes of at least 4 members (excludes halogenated alkanes) is 1. The molecule has 1 N–H and O–H groups in total. The molecule has 0 bridgehead atoms. The number of imidazole rings is 1. The summed E-state index contributed by atoms with van der Waals surface area (Å²) in [7, 11) is 1.88. The average Bonchev–Trinajstić information content (AvgIpc) is 2.94. The first-order valence-corrected chi connectivity index (χ1v) is 6.81. The normalized spacial score (nSPS) is 10.9. The molecular formula is C13H22N6. The van der Waals surface area contributed by atoms with Gasteiger partial charge in [-0.3, -0.25) is 4.68 Å². The lowest BCUT2D eigenvalue weighted by atomic mass is 10.3. The van der Waals surface area contributed by atoms with Crippen LogP contribution in [-0.2, 0) is 20.0 Å². The molecule has 19 heavy (non-hydrogen) atoms. The summed E-state index contributed by atoms with van der Waals surface area (Å²) < 4.78 is 3.87. The summed E-state index contributed by atoms with van der Waals surface area (Å²) in [4.78, 5) is 8.75. The van der Waals surface area contributed by atoms with Crippen molar-refractivity contribution >= 4 is 5.95 Å². The van der Waals surface area contributed by atoms with Crippen LogP contribution in [-0.4, -0.2) is 30.9 Å². The summed E-state index contributed by atoms with van der Waals surface area (Å²) in [6, 6.07) is 0. The Morgan fingerprint density at radius 2 is 2.21 bits per heavy atom. The molecule has 2 heterocycles. The molecule has 6 heteroatoms. The third kappa shape index (κ3) is 3.81. The molecule has 2 aromatic heterocycles. The Labute approximate surface area is 113 Å². The second kappa shape index (κ2) is 6.36. The number of nitrogens with zero attached hydrogens (tertiary/aromatic N) is 5. The molecule has 0 aliphatic rings. The summed E-state index contributed by atoms with van der Waals surface area (Å²) in [5, 5.41) is 7.67. The van der Waals surface area contributed by atoms with E-state index in [-0.39, 0.29) is 0 Å². The zero-order chi connectivity index (χ0) is 13.7. The van der Waals surface area contributed by atoms with Crippen LogP contribution in [0.4, 0.5) is 5.95 Å². The van der Waals surface area contributed by atoms with E-state index < -0.39 is 0 Å². The number of hydrogen-bond acceptors (Lipinski definition) is 4. The van der Waals surface area contributed by atoms with Crippen LogP contribution in [0.25, 0.3) is 0 Å². The quantitative estimate of drug-likeness (QED) is 0.773. The summed E-state index contributed by atoms with van der Waals surface area (Å²) >= 11 is 0. The fraction of sp³-hybridized carbons (Fsp3) is 0.615. The van der Waals surface area contributed by atoms with Crippen LogP contribution in [0.5, 0.6) is 0 Å². The van der Waals surface area contributed by atoms with Crippen LogP contribution < -0.4 is 5.32 Å². The van der Waals surface area contributed by atoms with Gasteiger partial charge in [0.1, 0.15) is 6.33 Å². The molecule has 0 atom stereocenters. The summed E-state index contributed by atoms with van der Waals surface area (Å²) in [6.45, 7) is 6.01. The van der Waals surface area contributed by atoms with Crippen molar-refractivity contribution in [2.75, 3.05) is 11.9 Å². The van der Waals surface area contributed by atoms with E-state index in [2.05, 4.69) is 38.1 Å². The fourth-order valence-corrected chi connectivity index (χ4v) is 1.95. The Morgan fingerprint density at radius 1 is 1.37 bits per heavy atom. The average molecular weight is 262 g/mol. The van der Waals surface area contributed by atoms with E-state index in [1.165, 1.54) is 6.42 Å². The fourth-order valence-electron chi connectivity index (χ4n) is 1.95. The predicted octanol–water partition coefficient (Wildman–Crippen LogP) is 1.77. The highest BCUT2D eigenvalue weighted by atomic mass is 15.3. The van der Waals surface area contributed by atoms with Gasteiger partial charge in [0.2, 0.25) is 5.95 Å². The third-order valence-electron chi connectivity index (χ3n) is 2.93. The first-order chi connectivity index (χ1) is 9.19. The Bertz CT molecular complexity index is 513. The second-order valence-corrected chi connectivity index (χ2v) is 4.76. The largest absolute Gasteiger partial charge is 0.356 e. The van der Waals surface area contributed by atoms with Crippen molar-refractivity contribution in [3.8, 4) is 0 Å². The minimum atomic E-state index is 0.819. The van der Waals surface area contributed by atoms with Crippen LogP contribution in [0, 0.1) is 6.92 Å². The number of nitrogens with one attached hydrogen (secondary N) is 1. The zero-order valence-corrected chi connectivity index (χ0v) is 11.9. The molecule has 0 saturated heterocycles. The Kier molecular flexibility index (Phi) is 4.54. The smallest absolute Gasteiger partial charge is 0.203 e. The lowest BCUT2D eigenvalue weighted by molar-refractivity contribution is 0.659. The summed E-state index contributed by atoms with van der Waals surface area (Å²) in [5.41, 5.74) is 1.04. The van der Waals surface area contributed by atoms with Crippen molar-refractivity contribution in [2.45, 2.75) is 39.7 Å². The second-order valence-electron chi connectivity index (χ2n) is 4.76. The molecule has 0 aliphatic heterocycles. The Hall–Kier alpha value is -1.85. The molecule has 0 aromatic carbocycles. The highest BCUT2D eigenvalue weighted by molar-refractivity contribution is 5.28. The third-order valence-corrected chi connectivity index (χ3v) is 2.93. The van der Waals surface area contributed by atoms with Gasteiger partial charge in [-0.1, -0.05) is 13.3 Å². The van der Waals surface area contributed by atoms with Crippen molar-refractivity contribution < 1.29 is 0 Å². The maximum Gasteiger partial charge on any atom is 0.203 e. The summed E-state index contributed by atoms with van der Waals surface area (Å²) in [5.74, 6) is 1.82. The van der Waals surface area contributed by atoms with Gasteiger partial charge in [0.15, 0.2) is 5.82 Å². The Morgan fingerprint density at radius 3 is 2.89 bits per heavy atom. The van der Waals surface area contributed by atoms with Gasteiger partial charge in [-0.2, -0.15) is 5.10 Å². The van der Waals surface area contributed by atoms with Crippen molar-refractivity contribution in [3.05, 3.63) is 24.0 Å². The maximum absolute atomic E-state index is 4.51. The monoisotopic (exact) mass is 262 g/mol. The van der Waals surface area contributed by atoms with E-state index in [1.54, 1.807) is 11.0 Å². The molecule has 0 unspecified atom stereocenters. The van der Waals surface area contributed by atoms with E-state index in [9.17, 15) is 0 Å². The van der Waals surface area contributed by atoms with Crippen molar-refractivity contribution in [3.63, 3.8) is 0 Å². The van der Waals surface area contributed by atoms with Gasteiger partial charge in [0.25, 0.3) is 0 Å². The van der Waals surface area contributed by atoms with Crippen LogP contribution in [0.15, 0.2) is 12.5 Å². The van der Waals surface area contributed by atoms with E-state index in [0.29, 0.717) is 0 Å². The van der Waals surface area contributed by atoms with Crippen molar-refractivity contribution in [1.82, 2.24) is 24.3 Å². The molecular weight excluding hydrogens is 240 g/mol. The van der Waals surface area contributed by atoms with Gasteiger partial charge in [0, 0.05) is 32.8 Å². The SMILES string of the molecule is CCCCNc1nc(C)cn1CCc1ncn(C)n1. The van der Waals surface area contributed by atoms with E-state index in [4.69, 9.17) is 0 Å². The topological polar surface area (TPSA) is 60.6 Å². The predicted molar refractivity (Wildman–Crippen MR) is 75.1 cm³/mol. The van der Waals surface area contributed by atoms with Crippen LogP contribution in [0.2, 0.25) is 0 Å². The van der Waals surface area contributed by atoms with Gasteiger partial charge in [0.05, 0.1) is 5.69 Å². The number of anilines is 1. The van der Waals surface area contributed by atoms with Crippen molar-refractivity contribution in [1.29, 1.82) is 0 Å². The molecule has 0 radical (unpaired) electrons. The first-order valence-electron chi connectivity index (χ1n) is 6.81. The van der Waals surface area contributed by atoms with Gasteiger partial charge in [-0.05, 0) is 13.3 Å². The molecule has 104 valence electrons. The molecule has 0 spiro atoms. The number of hydrogen-bond donors (Lipinski definition) is 1. The molecule has 2 rings (SSSR count). The molecule has 2 aromatic rings. The van der Waals surface area contributed by atoms with Gasteiger partial charge in [-0.15, -0.1) is 0 Å². The van der Waals surface area contributed by atoms with Crippen LogP contribution in [0.1, 0.15) is 31.3 Å². The molecule has 0 amide bonds. The van der Waals surface area contributed by atoms with Crippen LogP contribution in [0.3, 0.4) is 0 Å². The van der Waals surface area contributed by atoms with E-state index >= 15 is 0 Å². The van der Waals surface area contributed by atoms with Gasteiger partial charge in [-0.25, -0.2) is 9.97 Å². The first kappa shape index (κ1) is 13.6. The molecule has 0 saturated carbocycles. The Balaban J connectivity index is 1.95. The number of aromatic nitrogens is 5. The van der Waals surface area contributed by atoms with E-state index in [1.807, 2.05) is 14.0 Å². The molecule has 6 nitrogen and oxygen atoms in total. The minimum Gasteiger partial charge on any atom is -0.356 e. The van der Waals surface area contributed by atoms with Gasteiger partial charge >= 0.3 is 0 Å². The highest BCUT2D eigenvalue weighted by Gasteiger charge is 2.06. The number of rotatable bonds is 7. The summed E-state index contributed by atoms with van der Waals surface area (Å²) in [6.07, 6.45) is 6.96. The zero-order valence-electron chi connectivity index (χ0n) is 11.9. The van der Waals surface area contributed by atoms with Crippen molar-refractivity contribution in [2.24, 2.45) is 7.05 Å². The molecule has 0 aliphatic carbocycles. The standard InChI is InChI=1S/C13H22N6/c1-4-5-7-14-13-16-11(2)9-19(13)8-6-12-15-10-18(3)17-12/h9-10H,4-8H2,1-3H3,(H,14,16). The number of aryl methyl sites for hydroxylation is 4. The van der Waals surface area contributed by atoms with Crippen LogP contribution >= 0.6 is 0 Å². The highest BCUT2D eigenvalue weighted by Crippen LogP contribution is 2.09. The lowest BCUT2D eigenvalue weighted by Gasteiger charge is -2.08.